The number of benzene rings is 1. The molecule has 0 N–H and O–H groups in total. The molecule has 100 valence electrons. The van der Waals surface area contributed by atoms with Crippen LogP contribution in [-0.4, -0.2) is 23.4 Å². The quantitative estimate of drug-likeness (QED) is 0.847. The summed E-state index contributed by atoms with van der Waals surface area (Å²) in [5.41, 5.74) is 0.910. The summed E-state index contributed by atoms with van der Waals surface area (Å²) in [6, 6.07) is 7.87. The lowest BCUT2D eigenvalue weighted by Crippen LogP contribution is -2.35. The molecule has 1 aromatic heterocycles. The van der Waals surface area contributed by atoms with Crippen LogP contribution >= 0.6 is 11.6 Å². The van der Waals surface area contributed by atoms with Crippen molar-refractivity contribution in [2.45, 2.75) is 25.2 Å². The van der Waals surface area contributed by atoms with Crippen LogP contribution in [0, 0.1) is 6.92 Å². The van der Waals surface area contributed by atoms with E-state index < -0.39 is 0 Å². The fourth-order valence-electron chi connectivity index (χ4n) is 2.60. The van der Waals surface area contributed by atoms with Crippen LogP contribution in [0.4, 0.5) is 0 Å². The topological polar surface area (TPSA) is 48.2 Å². The third kappa shape index (κ3) is 2.26. The Kier molecular flexibility index (Phi) is 3.29. The lowest BCUT2D eigenvalue weighted by atomic mass is 9.74. The summed E-state index contributed by atoms with van der Waals surface area (Å²) in [6.07, 6.45) is 1.69. The number of aryl methyl sites for hydroxylation is 1. The second kappa shape index (κ2) is 4.94. The van der Waals surface area contributed by atoms with Gasteiger partial charge in [-0.05, 0) is 30.5 Å². The molecular formula is C14H15ClN2O2. The van der Waals surface area contributed by atoms with Crippen LogP contribution in [0.25, 0.3) is 0 Å². The lowest BCUT2D eigenvalue weighted by molar-refractivity contribution is 0.0541. The van der Waals surface area contributed by atoms with E-state index in [-0.39, 0.29) is 5.41 Å². The van der Waals surface area contributed by atoms with Gasteiger partial charge in [-0.3, -0.25) is 0 Å². The zero-order valence-electron chi connectivity index (χ0n) is 10.7. The maximum absolute atomic E-state index is 5.97. The first-order valence-corrected chi connectivity index (χ1v) is 6.73. The molecule has 0 saturated carbocycles. The molecule has 0 amide bonds. The first kappa shape index (κ1) is 12.6. The largest absolute Gasteiger partial charge is 0.425 e. The van der Waals surface area contributed by atoms with Crippen LogP contribution in [0.15, 0.2) is 28.7 Å². The summed E-state index contributed by atoms with van der Waals surface area (Å²) in [5.74, 6) is 1.27. The standard InChI is InChI=1S/C14H15ClN2O2/c1-10-16-17-13(19-10)14(6-8-18-9-7-14)11-2-4-12(15)5-3-11/h2-5H,6-9H2,1H3. The molecule has 2 aromatic rings. The van der Waals surface area contributed by atoms with E-state index >= 15 is 0 Å². The highest BCUT2D eigenvalue weighted by Crippen LogP contribution is 2.40. The zero-order valence-corrected chi connectivity index (χ0v) is 11.5. The molecule has 0 radical (unpaired) electrons. The van der Waals surface area contributed by atoms with Gasteiger partial charge in [0.15, 0.2) is 0 Å². The second-order valence-electron chi connectivity index (χ2n) is 4.83. The SMILES string of the molecule is Cc1nnc(C2(c3ccc(Cl)cc3)CCOCC2)o1. The minimum absolute atomic E-state index is 0.246. The van der Waals surface area contributed by atoms with Crippen LogP contribution in [-0.2, 0) is 10.2 Å². The molecule has 1 aliphatic rings. The monoisotopic (exact) mass is 278 g/mol. The smallest absolute Gasteiger partial charge is 0.227 e. The maximum Gasteiger partial charge on any atom is 0.227 e. The molecule has 0 bridgehead atoms. The third-order valence-corrected chi connectivity index (χ3v) is 3.93. The first-order valence-electron chi connectivity index (χ1n) is 6.35. The minimum atomic E-state index is -0.246. The Hall–Kier alpha value is -1.39. The number of hydrogen-bond donors (Lipinski definition) is 0. The molecule has 0 aliphatic carbocycles. The Labute approximate surface area is 116 Å². The van der Waals surface area contributed by atoms with Crippen molar-refractivity contribution < 1.29 is 9.15 Å². The molecule has 1 fully saturated rings. The summed E-state index contributed by atoms with van der Waals surface area (Å²) < 4.78 is 11.2. The van der Waals surface area contributed by atoms with Crippen molar-refractivity contribution in [1.82, 2.24) is 10.2 Å². The van der Waals surface area contributed by atoms with Crippen LogP contribution in [0.3, 0.4) is 0 Å². The van der Waals surface area contributed by atoms with Gasteiger partial charge in [-0.25, -0.2) is 0 Å². The van der Waals surface area contributed by atoms with Crippen LogP contribution in [0.1, 0.15) is 30.2 Å². The lowest BCUT2D eigenvalue weighted by Gasteiger charge is -2.34. The maximum atomic E-state index is 5.97. The Morgan fingerprint density at radius 2 is 1.79 bits per heavy atom. The predicted octanol–water partition coefficient (Wildman–Crippen LogP) is 3.13. The molecule has 19 heavy (non-hydrogen) atoms. The predicted molar refractivity (Wildman–Crippen MR) is 71.3 cm³/mol. The molecule has 2 heterocycles. The summed E-state index contributed by atoms with van der Waals surface area (Å²) in [6.45, 7) is 3.21. The minimum Gasteiger partial charge on any atom is -0.425 e. The van der Waals surface area contributed by atoms with Gasteiger partial charge in [-0.1, -0.05) is 23.7 Å². The third-order valence-electron chi connectivity index (χ3n) is 3.68. The van der Waals surface area contributed by atoms with Gasteiger partial charge >= 0.3 is 0 Å². The highest BCUT2D eigenvalue weighted by atomic mass is 35.5. The second-order valence-corrected chi connectivity index (χ2v) is 5.26. The molecule has 5 heteroatoms. The van der Waals surface area contributed by atoms with Gasteiger partial charge in [0.1, 0.15) is 0 Å². The normalized spacial score (nSPS) is 18.4. The van der Waals surface area contributed by atoms with Gasteiger partial charge in [0, 0.05) is 25.2 Å². The highest BCUT2D eigenvalue weighted by Gasteiger charge is 2.41. The van der Waals surface area contributed by atoms with Crippen molar-refractivity contribution in [1.29, 1.82) is 0 Å². The number of hydrogen-bond acceptors (Lipinski definition) is 4. The van der Waals surface area contributed by atoms with Crippen molar-refractivity contribution in [2.75, 3.05) is 13.2 Å². The summed E-state index contributed by atoms with van der Waals surface area (Å²) >= 11 is 5.97. The Morgan fingerprint density at radius 3 is 2.37 bits per heavy atom. The number of nitrogens with zero attached hydrogens (tertiary/aromatic N) is 2. The summed E-state index contributed by atoms with van der Waals surface area (Å²) in [5, 5.41) is 8.93. The molecule has 1 aromatic carbocycles. The van der Waals surface area contributed by atoms with Gasteiger partial charge in [0.2, 0.25) is 11.8 Å². The molecule has 1 saturated heterocycles. The molecule has 1 aliphatic heterocycles. The van der Waals surface area contributed by atoms with Gasteiger partial charge in [-0.15, -0.1) is 10.2 Å². The van der Waals surface area contributed by atoms with E-state index in [0.717, 1.165) is 23.4 Å². The summed E-state index contributed by atoms with van der Waals surface area (Å²) in [7, 11) is 0. The van der Waals surface area contributed by atoms with E-state index in [4.69, 9.17) is 20.8 Å². The van der Waals surface area contributed by atoms with Crippen molar-refractivity contribution in [3.05, 3.63) is 46.6 Å². The Morgan fingerprint density at radius 1 is 1.11 bits per heavy atom. The van der Waals surface area contributed by atoms with E-state index in [1.54, 1.807) is 0 Å². The molecular weight excluding hydrogens is 264 g/mol. The summed E-state index contributed by atoms with van der Waals surface area (Å²) in [4.78, 5) is 0. The Balaban J connectivity index is 2.08. The highest BCUT2D eigenvalue weighted by molar-refractivity contribution is 6.30. The average Bonchev–Trinajstić information content (AvgIpc) is 2.87. The van der Waals surface area contributed by atoms with Crippen LogP contribution in [0.2, 0.25) is 5.02 Å². The number of aromatic nitrogens is 2. The fourth-order valence-corrected chi connectivity index (χ4v) is 2.73. The number of rotatable bonds is 2. The zero-order chi connectivity index (χ0) is 13.3. The molecule has 0 atom stereocenters. The Bertz CT molecular complexity index is 559. The fraction of sp³-hybridized carbons (Fsp3) is 0.429. The first-order chi connectivity index (χ1) is 9.21. The molecule has 4 nitrogen and oxygen atoms in total. The average molecular weight is 279 g/mol. The van der Waals surface area contributed by atoms with E-state index in [2.05, 4.69) is 10.2 Å². The van der Waals surface area contributed by atoms with Crippen LogP contribution < -0.4 is 0 Å². The number of halogens is 1. The molecule has 3 rings (SSSR count). The van der Waals surface area contributed by atoms with Crippen molar-refractivity contribution >= 4 is 11.6 Å². The van der Waals surface area contributed by atoms with Crippen LogP contribution in [0.5, 0.6) is 0 Å². The van der Waals surface area contributed by atoms with E-state index in [9.17, 15) is 0 Å². The van der Waals surface area contributed by atoms with Crippen molar-refractivity contribution in [2.24, 2.45) is 0 Å². The molecule has 0 spiro atoms. The van der Waals surface area contributed by atoms with Crippen molar-refractivity contribution in [3.63, 3.8) is 0 Å². The van der Waals surface area contributed by atoms with E-state index in [1.165, 1.54) is 0 Å². The van der Waals surface area contributed by atoms with E-state index in [0.29, 0.717) is 25.0 Å². The van der Waals surface area contributed by atoms with Gasteiger partial charge in [-0.2, -0.15) is 0 Å². The van der Waals surface area contributed by atoms with E-state index in [1.807, 2.05) is 31.2 Å². The number of ether oxygens (including phenoxy) is 1. The van der Waals surface area contributed by atoms with Gasteiger partial charge in [0.25, 0.3) is 0 Å². The molecule has 0 unspecified atom stereocenters. The van der Waals surface area contributed by atoms with Gasteiger partial charge in [0.05, 0.1) is 5.41 Å². The van der Waals surface area contributed by atoms with Crippen molar-refractivity contribution in [3.8, 4) is 0 Å². The van der Waals surface area contributed by atoms with Gasteiger partial charge < -0.3 is 9.15 Å².